The quantitative estimate of drug-likeness (QED) is 0.632. The van der Waals surface area contributed by atoms with Gasteiger partial charge in [-0.25, -0.2) is 4.98 Å². The number of benzene rings is 2. The van der Waals surface area contributed by atoms with Crippen molar-refractivity contribution in [2.45, 2.75) is 13.0 Å². The Balaban J connectivity index is 0.00000182. The van der Waals surface area contributed by atoms with Crippen LogP contribution >= 0.6 is 23.7 Å². The van der Waals surface area contributed by atoms with Gasteiger partial charge in [0.05, 0.1) is 12.3 Å². The predicted octanol–water partition coefficient (Wildman–Crippen LogP) is 5.14. The van der Waals surface area contributed by atoms with Crippen molar-refractivity contribution in [3.63, 3.8) is 0 Å². The topological polar surface area (TPSA) is 40.6 Å². The second-order valence-corrected chi connectivity index (χ2v) is 6.26. The molecule has 0 saturated carbocycles. The van der Waals surface area contributed by atoms with E-state index in [1.54, 1.807) is 11.3 Å². The fourth-order valence-electron chi connectivity index (χ4n) is 2.59. The van der Waals surface area contributed by atoms with Crippen LogP contribution in [0.1, 0.15) is 18.7 Å². The van der Waals surface area contributed by atoms with Crippen molar-refractivity contribution in [2.24, 2.45) is 0 Å². The van der Waals surface area contributed by atoms with Crippen molar-refractivity contribution in [1.29, 1.82) is 0 Å². The van der Waals surface area contributed by atoms with Gasteiger partial charge < -0.3 is 14.2 Å². The molecule has 0 N–H and O–H groups in total. The summed E-state index contributed by atoms with van der Waals surface area (Å²) >= 11 is 1.61. The molecular weight excluding hydrogens is 358 g/mol. The number of hydrogen-bond donors (Lipinski definition) is 0. The summed E-state index contributed by atoms with van der Waals surface area (Å²) < 4.78 is 17.3. The van der Waals surface area contributed by atoms with Crippen LogP contribution in [0.4, 0.5) is 0 Å². The fraction of sp³-hybridized carbons (Fsp3) is 0.211. The van der Waals surface area contributed by atoms with Gasteiger partial charge in [0.1, 0.15) is 17.4 Å². The van der Waals surface area contributed by atoms with E-state index in [0.717, 1.165) is 33.5 Å². The lowest BCUT2D eigenvalue weighted by molar-refractivity contribution is 0.0888. The second-order valence-electron chi connectivity index (χ2n) is 5.40. The summed E-state index contributed by atoms with van der Waals surface area (Å²) in [6.07, 6.45) is -0.174. The molecule has 1 aliphatic rings. The Bertz CT molecular complexity index is 835. The first-order valence-corrected chi connectivity index (χ1v) is 8.78. The highest BCUT2D eigenvalue weighted by Crippen LogP contribution is 2.37. The normalized spacial score (nSPS) is 15.3. The Labute approximate surface area is 156 Å². The number of hydrogen-bond acceptors (Lipinski definition) is 5. The van der Waals surface area contributed by atoms with Crippen LogP contribution in [-0.4, -0.2) is 18.2 Å². The fourth-order valence-corrected chi connectivity index (χ4v) is 3.46. The van der Waals surface area contributed by atoms with Gasteiger partial charge in [-0.1, -0.05) is 12.1 Å². The zero-order valence-electron chi connectivity index (χ0n) is 13.7. The molecule has 25 heavy (non-hydrogen) atoms. The summed E-state index contributed by atoms with van der Waals surface area (Å²) in [5, 5.41) is 3.00. The molecule has 0 radical (unpaired) electrons. The van der Waals surface area contributed by atoms with Gasteiger partial charge >= 0.3 is 0 Å². The van der Waals surface area contributed by atoms with Crippen LogP contribution in [0.5, 0.6) is 17.2 Å². The molecule has 0 spiro atoms. The second kappa shape index (κ2) is 7.76. The highest BCUT2D eigenvalue weighted by atomic mass is 35.5. The largest absolute Gasteiger partial charge is 0.494 e. The lowest BCUT2D eigenvalue weighted by Gasteiger charge is -2.25. The van der Waals surface area contributed by atoms with E-state index >= 15 is 0 Å². The molecule has 4 rings (SSSR count). The summed E-state index contributed by atoms with van der Waals surface area (Å²) in [4.78, 5) is 4.73. The maximum atomic E-state index is 6.02. The molecular formula is C19H18ClNO3S. The first kappa shape index (κ1) is 17.6. The summed E-state index contributed by atoms with van der Waals surface area (Å²) in [6.45, 7) is 3.12. The minimum atomic E-state index is -0.174. The van der Waals surface area contributed by atoms with E-state index < -0.39 is 0 Å². The molecule has 2 heterocycles. The molecule has 0 amide bonds. The number of para-hydroxylation sites is 2. The molecule has 130 valence electrons. The van der Waals surface area contributed by atoms with E-state index in [1.807, 2.05) is 60.8 Å². The molecule has 0 saturated heterocycles. The third-order valence-electron chi connectivity index (χ3n) is 3.77. The Hall–Kier alpha value is -2.24. The molecule has 1 aromatic heterocycles. The van der Waals surface area contributed by atoms with E-state index in [-0.39, 0.29) is 18.5 Å². The molecule has 0 fully saturated rings. The number of nitrogens with zero attached hydrogens (tertiary/aromatic N) is 1. The zero-order valence-corrected chi connectivity index (χ0v) is 15.3. The van der Waals surface area contributed by atoms with Crippen molar-refractivity contribution < 1.29 is 14.2 Å². The molecule has 1 unspecified atom stereocenters. The van der Waals surface area contributed by atoms with Gasteiger partial charge in [0, 0.05) is 10.9 Å². The van der Waals surface area contributed by atoms with E-state index in [2.05, 4.69) is 0 Å². The van der Waals surface area contributed by atoms with Gasteiger partial charge in [-0.3, -0.25) is 0 Å². The Morgan fingerprint density at radius 3 is 2.64 bits per heavy atom. The maximum Gasteiger partial charge on any atom is 0.175 e. The van der Waals surface area contributed by atoms with Gasteiger partial charge in [-0.15, -0.1) is 23.7 Å². The van der Waals surface area contributed by atoms with Crippen LogP contribution in [0, 0.1) is 0 Å². The van der Waals surface area contributed by atoms with Gasteiger partial charge in [0.25, 0.3) is 0 Å². The third kappa shape index (κ3) is 3.72. The molecule has 1 aliphatic heterocycles. The van der Waals surface area contributed by atoms with Crippen LogP contribution < -0.4 is 14.2 Å². The van der Waals surface area contributed by atoms with Crippen molar-refractivity contribution in [2.75, 3.05) is 13.2 Å². The van der Waals surface area contributed by atoms with E-state index in [9.17, 15) is 0 Å². The van der Waals surface area contributed by atoms with Crippen molar-refractivity contribution in [3.8, 4) is 27.8 Å². The average molecular weight is 376 g/mol. The van der Waals surface area contributed by atoms with Crippen LogP contribution in [0.15, 0.2) is 53.9 Å². The van der Waals surface area contributed by atoms with Crippen LogP contribution in [-0.2, 0) is 0 Å². The van der Waals surface area contributed by atoms with Crippen molar-refractivity contribution >= 4 is 23.7 Å². The molecule has 1 atom stereocenters. The summed E-state index contributed by atoms with van der Waals surface area (Å²) in [6, 6.07) is 15.7. The highest BCUT2D eigenvalue weighted by molar-refractivity contribution is 7.13. The predicted molar refractivity (Wildman–Crippen MR) is 101 cm³/mol. The third-order valence-corrected chi connectivity index (χ3v) is 4.68. The van der Waals surface area contributed by atoms with Gasteiger partial charge in [0.15, 0.2) is 17.6 Å². The van der Waals surface area contributed by atoms with Crippen LogP contribution in [0.2, 0.25) is 0 Å². The molecule has 4 nitrogen and oxygen atoms in total. The minimum absolute atomic E-state index is 0. The molecule has 3 aromatic rings. The number of thiazole rings is 1. The van der Waals surface area contributed by atoms with Crippen LogP contribution in [0.25, 0.3) is 10.6 Å². The first-order chi connectivity index (χ1) is 11.8. The lowest BCUT2D eigenvalue weighted by Crippen LogP contribution is -2.21. The average Bonchev–Trinajstić information content (AvgIpc) is 3.12. The van der Waals surface area contributed by atoms with E-state index in [0.29, 0.717) is 13.2 Å². The van der Waals surface area contributed by atoms with E-state index in [1.165, 1.54) is 0 Å². The minimum Gasteiger partial charge on any atom is -0.494 e. The summed E-state index contributed by atoms with van der Waals surface area (Å²) in [7, 11) is 0. The number of fused-ring (bicyclic) bond motifs is 1. The van der Waals surface area contributed by atoms with Crippen molar-refractivity contribution in [1.82, 2.24) is 4.98 Å². The zero-order chi connectivity index (χ0) is 16.4. The lowest BCUT2D eigenvalue weighted by atomic mass is 10.2. The van der Waals surface area contributed by atoms with Gasteiger partial charge in [-0.05, 0) is 43.3 Å². The van der Waals surface area contributed by atoms with E-state index in [4.69, 9.17) is 19.2 Å². The van der Waals surface area contributed by atoms with Crippen LogP contribution in [0.3, 0.4) is 0 Å². The SMILES string of the molecule is CCOc1ccc(-c2nc(C3COc4ccccc4O3)cs2)cc1.Cl. The first-order valence-electron chi connectivity index (χ1n) is 7.90. The van der Waals surface area contributed by atoms with Crippen molar-refractivity contribution in [3.05, 3.63) is 59.6 Å². The van der Waals surface area contributed by atoms with Gasteiger partial charge in [0.2, 0.25) is 0 Å². The number of ether oxygens (including phenoxy) is 3. The number of aromatic nitrogens is 1. The number of halogens is 1. The van der Waals surface area contributed by atoms with Gasteiger partial charge in [-0.2, -0.15) is 0 Å². The smallest absolute Gasteiger partial charge is 0.175 e. The Morgan fingerprint density at radius 1 is 1.12 bits per heavy atom. The molecule has 2 aromatic carbocycles. The Morgan fingerprint density at radius 2 is 1.88 bits per heavy atom. The number of rotatable bonds is 4. The Kier molecular flexibility index (Phi) is 5.46. The summed E-state index contributed by atoms with van der Waals surface area (Å²) in [5.41, 5.74) is 1.98. The molecule has 6 heteroatoms. The highest BCUT2D eigenvalue weighted by Gasteiger charge is 2.24. The monoisotopic (exact) mass is 375 g/mol. The molecule has 0 aliphatic carbocycles. The summed E-state index contributed by atoms with van der Waals surface area (Å²) in [5.74, 6) is 2.43. The maximum absolute atomic E-state index is 6.02. The molecule has 0 bridgehead atoms. The standard InChI is InChI=1S/C19H17NO3S.ClH/c1-2-21-14-9-7-13(8-10-14)19-20-15(12-24-19)18-11-22-16-5-3-4-6-17(16)23-18;/h3-10,12,18H,2,11H2,1H3;1H.